The van der Waals surface area contributed by atoms with Crippen molar-refractivity contribution in [2.45, 2.75) is 0 Å². The molecule has 0 saturated carbocycles. The molecule has 0 aliphatic rings. The fourth-order valence-corrected chi connectivity index (χ4v) is 17.2. The average molecular weight is 1480 g/mol. The van der Waals surface area contributed by atoms with E-state index < -0.39 is 0 Å². The molecule has 6 heteroatoms. The average Bonchev–Trinajstić information content (AvgIpc) is 1.55. The highest BCUT2D eigenvalue weighted by atomic mass is 16.3. The van der Waals surface area contributed by atoms with E-state index in [1.54, 1.807) is 0 Å². The van der Waals surface area contributed by atoms with Crippen LogP contribution in [-0.2, 0) is 0 Å². The summed E-state index contributed by atoms with van der Waals surface area (Å²) in [5.74, 6) is 0. The van der Waals surface area contributed by atoms with Gasteiger partial charge in [0, 0.05) is 112 Å². The summed E-state index contributed by atoms with van der Waals surface area (Å²) in [6.45, 7) is 0. The van der Waals surface area contributed by atoms with Gasteiger partial charge in [-0.05, 0) is 235 Å². The lowest BCUT2D eigenvalue weighted by molar-refractivity contribution is 0.672. The van der Waals surface area contributed by atoms with Gasteiger partial charge in [0.1, 0.15) is 22.3 Å². The number of nitrogens with zero attached hydrogens (tertiary/aromatic N) is 4. The van der Waals surface area contributed by atoms with E-state index in [2.05, 4.69) is 469 Å². The van der Waals surface area contributed by atoms with E-state index in [1.165, 1.54) is 54.2 Å². The Labute approximate surface area is 672 Å². The molecule has 22 aromatic rings. The monoisotopic (exact) mass is 1480 g/mol. The van der Waals surface area contributed by atoms with Gasteiger partial charge in [-0.2, -0.15) is 0 Å². The number of furan rings is 2. The van der Waals surface area contributed by atoms with Crippen molar-refractivity contribution in [2.75, 3.05) is 19.6 Å². The van der Waals surface area contributed by atoms with Crippen LogP contribution in [0.5, 0.6) is 0 Å². The zero-order valence-corrected chi connectivity index (χ0v) is 63.3. The first-order chi connectivity index (χ1) is 57.5. The highest BCUT2D eigenvalue weighted by Gasteiger charge is 2.24. The van der Waals surface area contributed by atoms with Crippen LogP contribution >= 0.6 is 0 Å². The second kappa shape index (κ2) is 29.6. The molecular weight excluding hydrogens is 1410 g/mol. The lowest BCUT2D eigenvalue weighted by Gasteiger charge is -2.26. The summed E-state index contributed by atoms with van der Waals surface area (Å²) in [7, 11) is 0. The van der Waals surface area contributed by atoms with Gasteiger partial charge < -0.3 is 28.4 Å². The van der Waals surface area contributed by atoms with Crippen molar-refractivity contribution in [1.82, 2.24) is 0 Å². The molecule has 0 aliphatic carbocycles. The number of benzene rings is 20. The van der Waals surface area contributed by atoms with Crippen molar-refractivity contribution in [1.29, 1.82) is 0 Å². The third-order valence-corrected chi connectivity index (χ3v) is 22.6. The summed E-state index contributed by atoms with van der Waals surface area (Å²) >= 11 is 0. The van der Waals surface area contributed by atoms with Crippen LogP contribution in [0.1, 0.15) is 0 Å². The van der Waals surface area contributed by atoms with Crippen LogP contribution in [-0.4, -0.2) is 0 Å². The van der Waals surface area contributed by atoms with Gasteiger partial charge in [-0.1, -0.05) is 273 Å². The molecule has 2 aromatic heterocycles. The van der Waals surface area contributed by atoms with Crippen LogP contribution in [0.25, 0.3) is 131 Å². The second-order valence-electron chi connectivity index (χ2n) is 29.4. The molecule has 20 aromatic carbocycles. The van der Waals surface area contributed by atoms with Gasteiger partial charge in [0.25, 0.3) is 0 Å². The molecule has 546 valence electrons. The Morgan fingerprint density at radius 1 is 0.147 bits per heavy atom. The minimum absolute atomic E-state index is 0.859. The molecule has 0 saturated heterocycles. The maximum absolute atomic E-state index is 6.96. The van der Waals surface area contributed by atoms with Gasteiger partial charge in [0.2, 0.25) is 0 Å². The van der Waals surface area contributed by atoms with Crippen molar-refractivity contribution in [3.05, 3.63) is 449 Å². The second-order valence-corrected chi connectivity index (χ2v) is 29.4. The van der Waals surface area contributed by atoms with Crippen LogP contribution in [0.15, 0.2) is 458 Å². The summed E-state index contributed by atoms with van der Waals surface area (Å²) in [5.41, 5.74) is 23.7. The molecule has 0 amide bonds. The topological polar surface area (TPSA) is 39.2 Å². The summed E-state index contributed by atoms with van der Waals surface area (Å²) in [4.78, 5) is 9.22. The molecule has 116 heavy (non-hydrogen) atoms. The van der Waals surface area contributed by atoms with Crippen LogP contribution in [0.3, 0.4) is 0 Å². The third-order valence-electron chi connectivity index (χ3n) is 22.6. The Hall–Kier alpha value is -15.5. The third kappa shape index (κ3) is 12.5. The Bertz CT molecular complexity index is 7260. The zero-order valence-electron chi connectivity index (χ0n) is 63.3. The maximum atomic E-state index is 6.96. The largest absolute Gasteiger partial charge is 0.455 e. The SMILES string of the molecule is c1ccc(-c2ccc(N(c3ccccc3)c3ccc4c(c3)oc3c5ccc(-c6ccc(N(c7ccccc7)c7ccccc7)cc6)cc5c5ccccc5c43)cc2)cc1.c1ccc(N(c2ccccc2)c2ccc(-c3ccc4c(c3)c3ccccc3c3c5ccc(N(c6ccccc6)c6cccc7ccccc67)cc5oc43)cc2)cc1. The van der Waals surface area contributed by atoms with Crippen LogP contribution in [0.4, 0.5) is 68.2 Å². The number of hydrogen-bond donors (Lipinski definition) is 0. The van der Waals surface area contributed by atoms with E-state index in [0.717, 1.165) is 145 Å². The molecule has 0 N–H and O–H groups in total. The molecule has 0 fully saturated rings. The van der Waals surface area contributed by atoms with E-state index in [-0.39, 0.29) is 0 Å². The zero-order chi connectivity index (χ0) is 76.8. The highest BCUT2D eigenvalue weighted by molar-refractivity contribution is 6.32. The Morgan fingerprint density at radius 2 is 0.414 bits per heavy atom. The molecule has 0 radical (unpaired) electrons. The number of para-hydroxylation sites is 6. The molecule has 6 nitrogen and oxygen atoms in total. The summed E-state index contributed by atoms with van der Waals surface area (Å²) < 4.78 is 13.9. The Balaban J connectivity index is 0.000000145. The quantitative estimate of drug-likeness (QED) is 0.0953. The maximum Gasteiger partial charge on any atom is 0.143 e. The first kappa shape index (κ1) is 68.5. The predicted octanol–water partition coefficient (Wildman–Crippen LogP) is 31.8. The summed E-state index contributed by atoms with van der Waals surface area (Å²) in [5, 5.41) is 16.3. The van der Waals surface area contributed by atoms with Gasteiger partial charge in [-0.15, -0.1) is 0 Å². The van der Waals surface area contributed by atoms with Crippen LogP contribution in [0.2, 0.25) is 0 Å². The lowest BCUT2D eigenvalue weighted by Crippen LogP contribution is -2.10. The van der Waals surface area contributed by atoms with Gasteiger partial charge >= 0.3 is 0 Å². The number of rotatable bonds is 15. The Kier molecular flexibility index (Phi) is 17.5. The van der Waals surface area contributed by atoms with Gasteiger partial charge in [-0.25, -0.2) is 0 Å². The van der Waals surface area contributed by atoms with Gasteiger partial charge in [-0.3, -0.25) is 0 Å². The normalized spacial score (nSPS) is 11.4. The van der Waals surface area contributed by atoms with Gasteiger partial charge in [0.05, 0.1) is 5.69 Å². The molecule has 0 aliphatic heterocycles. The van der Waals surface area contributed by atoms with Gasteiger partial charge in [0.15, 0.2) is 0 Å². The molecular formula is C110H74N4O2. The highest BCUT2D eigenvalue weighted by Crippen LogP contribution is 2.49. The molecule has 0 spiro atoms. The van der Waals surface area contributed by atoms with E-state index in [9.17, 15) is 0 Å². The molecule has 0 bridgehead atoms. The fourth-order valence-electron chi connectivity index (χ4n) is 17.2. The van der Waals surface area contributed by atoms with Crippen molar-refractivity contribution >= 4 is 166 Å². The predicted molar refractivity (Wildman–Crippen MR) is 490 cm³/mol. The fraction of sp³-hybridized carbons (Fsp3) is 0. The Morgan fingerprint density at radius 3 is 0.810 bits per heavy atom. The van der Waals surface area contributed by atoms with Crippen molar-refractivity contribution in [2.24, 2.45) is 0 Å². The van der Waals surface area contributed by atoms with Crippen molar-refractivity contribution in [3.8, 4) is 33.4 Å². The molecule has 0 unspecified atom stereocenters. The van der Waals surface area contributed by atoms with Crippen molar-refractivity contribution < 1.29 is 8.83 Å². The van der Waals surface area contributed by atoms with Crippen LogP contribution in [0, 0.1) is 0 Å². The smallest absolute Gasteiger partial charge is 0.143 e. The minimum Gasteiger partial charge on any atom is -0.455 e. The van der Waals surface area contributed by atoms with E-state index in [0.29, 0.717) is 0 Å². The minimum atomic E-state index is 0.859. The molecule has 2 heterocycles. The summed E-state index contributed by atoms with van der Waals surface area (Å²) in [6.07, 6.45) is 0. The first-order valence-electron chi connectivity index (χ1n) is 39.5. The number of anilines is 12. The standard InChI is InChI=1S/C56H38N2O.C54H36N2O/c1-5-15-39(16-6-1)40-25-30-47(31-26-40)58(45-21-11-4-12-22-45)48-34-36-52-54(38-48)59-56-51-35-29-42(37-53(51)49-23-13-14-24-50(49)55(52)56)41-27-32-46(33-28-41)57(43-17-7-2-8-18-43)44-19-9-3-10-20-44;1-4-17-40(18-5-1)55(41-19-6-2-7-20-41)43-30-27-37(28-31-43)39-29-33-48-50(35-39)46-24-12-13-25-47(46)53-49-34-32-44(36-52(49)57-54(48)53)56(42-21-8-3-9-22-42)51-26-14-16-38-15-10-11-23-45(38)51/h1-38H;1-36H. The van der Waals surface area contributed by atoms with E-state index in [4.69, 9.17) is 8.83 Å². The van der Waals surface area contributed by atoms with Crippen molar-refractivity contribution in [3.63, 3.8) is 0 Å². The van der Waals surface area contributed by atoms with E-state index >= 15 is 0 Å². The van der Waals surface area contributed by atoms with Crippen LogP contribution < -0.4 is 19.6 Å². The first-order valence-corrected chi connectivity index (χ1v) is 39.5. The summed E-state index contributed by atoms with van der Waals surface area (Å²) in [6, 6.07) is 160. The number of hydrogen-bond acceptors (Lipinski definition) is 6. The van der Waals surface area contributed by atoms with E-state index in [1.807, 2.05) is 0 Å². The molecule has 0 atom stereocenters. The molecule has 22 rings (SSSR count). The number of fused-ring (bicyclic) bond motifs is 17. The lowest BCUT2D eigenvalue weighted by atomic mass is 9.94.